The first-order valence-electron chi connectivity index (χ1n) is 6.10. The summed E-state index contributed by atoms with van der Waals surface area (Å²) in [6.07, 6.45) is 0. The van der Waals surface area contributed by atoms with E-state index in [4.69, 9.17) is 27.4 Å². The highest BCUT2D eigenvalue weighted by Crippen LogP contribution is 2.29. The van der Waals surface area contributed by atoms with Crippen LogP contribution in [-0.2, 0) is 0 Å². The number of rotatable bonds is 5. The molecule has 3 nitrogen and oxygen atoms in total. The molecule has 0 fully saturated rings. The minimum atomic E-state index is 0.294. The van der Waals surface area contributed by atoms with Gasteiger partial charge in [0.25, 0.3) is 0 Å². The summed E-state index contributed by atoms with van der Waals surface area (Å²) in [6.45, 7) is 2.55. The van der Waals surface area contributed by atoms with E-state index >= 15 is 0 Å². The molecule has 5 heteroatoms. The molecule has 0 saturated heterocycles. The average molecular weight is 352 g/mol. The van der Waals surface area contributed by atoms with Crippen LogP contribution in [0.5, 0.6) is 17.2 Å². The van der Waals surface area contributed by atoms with E-state index in [2.05, 4.69) is 15.9 Å². The molecule has 0 aliphatic carbocycles. The highest BCUT2D eigenvalue weighted by Gasteiger charge is 2.09. The van der Waals surface area contributed by atoms with Crippen molar-refractivity contribution in [2.45, 2.75) is 6.92 Å². The molecule has 0 amide bonds. The maximum Gasteiger partial charge on any atom is 0.137 e. The van der Waals surface area contributed by atoms with Crippen LogP contribution in [0.1, 0.15) is 12.5 Å². The second-order valence-electron chi connectivity index (χ2n) is 4.01. The second-order valence-corrected chi connectivity index (χ2v) is 5.37. The molecule has 2 aromatic rings. The average Bonchev–Trinajstić information content (AvgIpc) is 2.41. The van der Waals surface area contributed by atoms with E-state index in [0.717, 1.165) is 10.2 Å². The summed E-state index contributed by atoms with van der Waals surface area (Å²) in [5.74, 6) is 2.06. The maximum absolute atomic E-state index is 5.84. The second kappa shape index (κ2) is 6.72. The molecule has 0 aliphatic heterocycles. The van der Waals surface area contributed by atoms with Gasteiger partial charge < -0.3 is 15.2 Å². The zero-order chi connectivity index (χ0) is 14.5. The molecule has 0 aliphatic rings. The Bertz CT molecular complexity index is 631. The number of benzene rings is 2. The molecule has 0 heterocycles. The quantitative estimate of drug-likeness (QED) is 0.816. The van der Waals surface area contributed by atoms with Gasteiger partial charge in [-0.1, -0.05) is 34.2 Å². The van der Waals surface area contributed by atoms with Crippen LogP contribution in [0.15, 0.2) is 46.9 Å². The molecule has 2 N–H and O–H groups in total. The van der Waals surface area contributed by atoms with Crippen LogP contribution in [0.4, 0.5) is 0 Å². The Hall–Kier alpha value is -1.59. The van der Waals surface area contributed by atoms with E-state index in [0.29, 0.717) is 28.7 Å². The van der Waals surface area contributed by atoms with Gasteiger partial charge in [-0.05, 0) is 37.3 Å². The summed E-state index contributed by atoms with van der Waals surface area (Å²) in [5, 5.41) is 0. The monoisotopic (exact) mass is 351 g/mol. The lowest BCUT2D eigenvalue weighted by atomic mass is 10.2. The molecular formula is C15H14BrNO2S. The number of hydrogen-bond donors (Lipinski definition) is 1. The summed E-state index contributed by atoms with van der Waals surface area (Å²) in [4.78, 5) is 0.294. The molecule has 0 unspecified atom stereocenters. The molecule has 2 rings (SSSR count). The first kappa shape index (κ1) is 14.8. The van der Waals surface area contributed by atoms with Crippen LogP contribution in [0.3, 0.4) is 0 Å². The Kier molecular flexibility index (Phi) is 4.98. The van der Waals surface area contributed by atoms with E-state index < -0.39 is 0 Å². The Balaban J connectivity index is 2.30. The van der Waals surface area contributed by atoms with E-state index in [9.17, 15) is 0 Å². The van der Waals surface area contributed by atoms with Gasteiger partial charge in [-0.15, -0.1) is 0 Å². The van der Waals surface area contributed by atoms with Gasteiger partial charge in [0.15, 0.2) is 0 Å². The van der Waals surface area contributed by atoms with E-state index in [1.807, 2.05) is 49.4 Å². The first-order valence-corrected chi connectivity index (χ1v) is 7.30. The van der Waals surface area contributed by atoms with Gasteiger partial charge in [0.2, 0.25) is 0 Å². The molecule has 0 radical (unpaired) electrons. The van der Waals surface area contributed by atoms with Crippen LogP contribution in [0, 0.1) is 0 Å². The van der Waals surface area contributed by atoms with Gasteiger partial charge in [0, 0.05) is 10.5 Å². The molecule has 0 spiro atoms. The Morgan fingerprint density at radius 1 is 1.20 bits per heavy atom. The minimum Gasteiger partial charge on any atom is -0.494 e. The zero-order valence-corrected chi connectivity index (χ0v) is 13.3. The predicted molar refractivity (Wildman–Crippen MR) is 87.7 cm³/mol. The number of ether oxygens (including phenoxy) is 2. The molecule has 104 valence electrons. The molecular weight excluding hydrogens is 338 g/mol. The van der Waals surface area contributed by atoms with Crippen molar-refractivity contribution in [3.8, 4) is 17.2 Å². The summed E-state index contributed by atoms with van der Waals surface area (Å²) < 4.78 is 12.2. The Morgan fingerprint density at radius 2 is 1.95 bits per heavy atom. The van der Waals surface area contributed by atoms with Crippen molar-refractivity contribution >= 4 is 33.1 Å². The molecule has 0 saturated carbocycles. The fourth-order valence-corrected chi connectivity index (χ4v) is 2.23. The lowest BCUT2D eigenvalue weighted by Gasteiger charge is -2.12. The van der Waals surface area contributed by atoms with Crippen molar-refractivity contribution in [3.05, 3.63) is 52.5 Å². The standard InChI is InChI=1S/C15H14BrNO2S/c1-2-18-11-4-3-5-12(9-11)19-14-7-6-10(16)8-13(14)15(17)20/h3-9H,2H2,1H3,(H2,17,20). The maximum atomic E-state index is 5.84. The van der Waals surface area contributed by atoms with Crippen LogP contribution in [0.2, 0.25) is 0 Å². The van der Waals surface area contributed by atoms with Crippen LogP contribution in [0.25, 0.3) is 0 Å². The minimum absolute atomic E-state index is 0.294. The molecule has 2 aromatic carbocycles. The van der Waals surface area contributed by atoms with E-state index in [1.54, 1.807) is 0 Å². The van der Waals surface area contributed by atoms with Crippen molar-refractivity contribution in [2.24, 2.45) is 5.73 Å². The van der Waals surface area contributed by atoms with Crippen molar-refractivity contribution in [1.29, 1.82) is 0 Å². The lowest BCUT2D eigenvalue weighted by Crippen LogP contribution is -2.10. The van der Waals surface area contributed by atoms with Crippen LogP contribution >= 0.6 is 28.1 Å². The summed E-state index contributed by atoms with van der Waals surface area (Å²) >= 11 is 8.44. The van der Waals surface area contributed by atoms with Gasteiger partial charge in [-0.25, -0.2) is 0 Å². The van der Waals surface area contributed by atoms with Crippen molar-refractivity contribution in [3.63, 3.8) is 0 Å². The predicted octanol–water partition coefficient (Wildman–Crippen LogP) is 4.27. The topological polar surface area (TPSA) is 44.5 Å². The van der Waals surface area contributed by atoms with Crippen molar-refractivity contribution < 1.29 is 9.47 Å². The molecule has 0 aromatic heterocycles. The van der Waals surface area contributed by atoms with Crippen molar-refractivity contribution in [2.75, 3.05) is 6.61 Å². The molecule has 0 bridgehead atoms. The number of thiocarbonyl (C=S) groups is 1. The van der Waals surface area contributed by atoms with Gasteiger partial charge in [-0.2, -0.15) is 0 Å². The van der Waals surface area contributed by atoms with E-state index in [-0.39, 0.29) is 0 Å². The third-order valence-corrected chi connectivity index (χ3v) is 3.26. The summed E-state index contributed by atoms with van der Waals surface area (Å²) in [7, 11) is 0. The number of nitrogens with two attached hydrogens (primary N) is 1. The highest BCUT2D eigenvalue weighted by atomic mass is 79.9. The van der Waals surface area contributed by atoms with E-state index in [1.165, 1.54) is 0 Å². The molecule has 0 atom stereocenters. The Morgan fingerprint density at radius 3 is 2.65 bits per heavy atom. The normalized spacial score (nSPS) is 10.1. The fourth-order valence-electron chi connectivity index (χ4n) is 1.70. The third-order valence-electron chi connectivity index (χ3n) is 2.55. The largest absolute Gasteiger partial charge is 0.494 e. The van der Waals surface area contributed by atoms with Gasteiger partial charge >= 0.3 is 0 Å². The van der Waals surface area contributed by atoms with Crippen LogP contribution in [-0.4, -0.2) is 11.6 Å². The van der Waals surface area contributed by atoms with Crippen LogP contribution < -0.4 is 15.2 Å². The lowest BCUT2D eigenvalue weighted by molar-refractivity contribution is 0.338. The van der Waals surface area contributed by atoms with Gasteiger partial charge in [0.1, 0.15) is 22.2 Å². The Labute approximate surface area is 131 Å². The van der Waals surface area contributed by atoms with Gasteiger partial charge in [0.05, 0.1) is 12.2 Å². The summed E-state index contributed by atoms with van der Waals surface area (Å²) in [6, 6.07) is 13.0. The zero-order valence-electron chi connectivity index (χ0n) is 10.9. The van der Waals surface area contributed by atoms with Gasteiger partial charge in [-0.3, -0.25) is 0 Å². The third kappa shape index (κ3) is 3.71. The fraction of sp³-hybridized carbons (Fsp3) is 0.133. The SMILES string of the molecule is CCOc1cccc(Oc2ccc(Br)cc2C(N)=S)c1. The highest BCUT2D eigenvalue weighted by molar-refractivity contribution is 9.10. The summed E-state index contributed by atoms with van der Waals surface area (Å²) in [5.41, 5.74) is 6.41. The molecule has 20 heavy (non-hydrogen) atoms. The van der Waals surface area contributed by atoms with Crippen molar-refractivity contribution in [1.82, 2.24) is 0 Å². The smallest absolute Gasteiger partial charge is 0.137 e. The first-order chi connectivity index (χ1) is 9.60. The number of halogens is 1. The number of hydrogen-bond acceptors (Lipinski definition) is 3.